The van der Waals surface area contributed by atoms with Crippen molar-refractivity contribution in [3.8, 4) is 0 Å². The van der Waals surface area contributed by atoms with E-state index in [-0.39, 0.29) is 6.61 Å². The Morgan fingerprint density at radius 1 is 1.50 bits per heavy atom. The number of alkyl halides is 2. The van der Waals surface area contributed by atoms with Crippen LogP contribution in [0.5, 0.6) is 0 Å². The summed E-state index contributed by atoms with van der Waals surface area (Å²) in [5, 5.41) is 0. The quantitative estimate of drug-likeness (QED) is 0.575. The van der Waals surface area contributed by atoms with Gasteiger partial charge >= 0.3 is 11.9 Å². The molecular formula is C11H13F2NO2. The Kier molecular flexibility index (Phi) is 4.34. The number of nitrogens with zero attached hydrogens (tertiary/aromatic N) is 1. The van der Waals surface area contributed by atoms with Crippen LogP contribution in [-0.2, 0) is 15.5 Å². The molecule has 0 fully saturated rings. The number of hydrogen-bond donors (Lipinski definition) is 0. The molecule has 0 aliphatic carbocycles. The van der Waals surface area contributed by atoms with Gasteiger partial charge in [0.05, 0.1) is 6.61 Å². The average molecular weight is 229 g/mol. The molecule has 16 heavy (non-hydrogen) atoms. The van der Waals surface area contributed by atoms with Crippen LogP contribution in [0.1, 0.15) is 25.5 Å². The van der Waals surface area contributed by atoms with Crippen molar-refractivity contribution < 1.29 is 18.3 Å². The van der Waals surface area contributed by atoms with E-state index in [1.165, 1.54) is 18.3 Å². The summed E-state index contributed by atoms with van der Waals surface area (Å²) in [5.41, 5.74) is -0.587. The van der Waals surface area contributed by atoms with E-state index in [9.17, 15) is 13.6 Å². The van der Waals surface area contributed by atoms with Gasteiger partial charge in [0.1, 0.15) is 5.69 Å². The lowest BCUT2D eigenvalue weighted by atomic mass is 10.2. The molecule has 3 nitrogen and oxygen atoms in total. The molecule has 0 aromatic carbocycles. The zero-order chi connectivity index (χ0) is 12.0. The van der Waals surface area contributed by atoms with E-state index in [0.29, 0.717) is 6.42 Å². The number of carbonyl (C=O) groups is 1. The van der Waals surface area contributed by atoms with Crippen molar-refractivity contribution in [2.24, 2.45) is 0 Å². The highest BCUT2D eigenvalue weighted by atomic mass is 19.3. The van der Waals surface area contributed by atoms with Crippen LogP contribution in [0.2, 0.25) is 0 Å². The highest BCUT2D eigenvalue weighted by Crippen LogP contribution is 2.27. The van der Waals surface area contributed by atoms with E-state index < -0.39 is 17.6 Å². The molecule has 1 aromatic rings. The van der Waals surface area contributed by atoms with E-state index in [4.69, 9.17) is 0 Å². The fourth-order valence-electron chi connectivity index (χ4n) is 1.05. The molecule has 88 valence electrons. The number of unbranched alkanes of at least 4 members (excludes halogenated alkanes) is 1. The smallest absolute Gasteiger partial charge is 0.384 e. The summed E-state index contributed by atoms with van der Waals surface area (Å²) < 4.78 is 31.4. The van der Waals surface area contributed by atoms with Crippen LogP contribution in [0.25, 0.3) is 0 Å². The van der Waals surface area contributed by atoms with Gasteiger partial charge in [-0.3, -0.25) is 4.98 Å². The Morgan fingerprint density at radius 3 is 2.81 bits per heavy atom. The summed E-state index contributed by atoms with van der Waals surface area (Å²) >= 11 is 0. The highest BCUT2D eigenvalue weighted by molar-refractivity contribution is 5.78. The van der Waals surface area contributed by atoms with Crippen LogP contribution >= 0.6 is 0 Å². The molecule has 5 heteroatoms. The molecule has 0 spiro atoms. The zero-order valence-corrected chi connectivity index (χ0v) is 8.95. The zero-order valence-electron chi connectivity index (χ0n) is 8.95. The summed E-state index contributed by atoms with van der Waals surface area (Å²) in [7, 11) is 0. The van der Waals surface area contributed by atoms with Gasteiger partial charge in [-0.2, -0.15) is 8.78 Å². The molecule has 1 rings (SSSR count). The third-order valence-corrected chi connectivity index (χ3v) is 1.97. The van der Waals surface area contributed by atoms with Crippen molar-refractivity contribution in [1.29, 1.82) is 0 Å². The number of esters is 1. The fourth-order valence-corrected chi connectivity index (χ4v) is 1.05. The first kappa shape index (κ1) is 12.5. The van der Waals surface area contributed by atoms with Crippen molar-refractivity contribution in [2.45, 2.75) is 25.7 Å². The molecule has 0 unspecified atom stereocenters. The van der Waals surface area contributed by atoms with E-state index in [1.807, 2.05) is 6.92 Å². The molecule has 0 saturated heterocycles. The van der Waals surface area contributed by atoms with Crippen molar-refractivity contribution in [3.05, 3.63) is 30.1 Å². The third kappa shape index (κ3) is 2.98. The van der Waals surface area contributed by atoms with Crippen LogP contribution in [0.4, 0.5) is 8.78 Å². The number of hydrogen-bond acceptors (Lipinski definition) is 3. The average Bonchev–Trinajstić information content (AvgIpc) is 2.30. The minimum atomic E-state index is -3.67. The number of halogens is 2. The molecule has 1 heterocycles. The Labute approximate surface area is 92.4 Å². The minimum Gasteiger partial charge on any atom is -0.461 e. The molecule has 0 amide bonds. The maximum absolute atomic E-state index is 13.4. The second-order valence-corrected chi connectivity index (χ2v) is 3.28. The lowest BCUT2D eigenvalue weighted by molar-refractivity contribution is -0.174. The van der Waals surface area contributed by atoms with Crippen molar-refractivity contribution in [1.82, 2.24) is 4.98 Å². The molecule has 0 N–H and O–H groups in total. The number of carbonyl (C=O) groups excluding carboxylic acids is 1. The molecule has 0 saturated carbocycles. The lowest BCUT2D eigenvalue weighted by Gasteiger charge is -2.14. The predicted octanol–water partition coefficient (Wildman–Crippen LogP) is 2.52. The number of ether oxygens (including phenoxy) is 1. The minimum absolute atomic E-state index is 0.0117. The Morgan fingerprint density at radius 2 is 2.25 bits per heavy atom. The van der Waals surface area contributed by atoms with Crippen molar-refractivity contribution >= 4 is 5.97 Å². The standard InChI is InChI=1S/C11H13F2NO2/c1-2-3-8-16-10(15)11(12,13)9-6-4-5-7-14-9/h4-7H,2-3,8H2,1H3. The maximum Gasteiger partial charge on any atom is 0.384 e. The van der Waals surface area contributed by atoms with Crippen LogP contribution in [0.3, 0.4) is 0 Å². The van der Waals surface area contributed by atoms with Crippen LogP contribution < -0.4 is 0 Å². The van der Waals surface area contributed by atoms with Gasteiger partial charge in [0.25, 0.3) is 0 Å². The monoisotopic (exact) mass is 229 g/mol. The topological polar surface area (TPSA) is 39.2 Å². The largest absolute Gasteiger partial charge is 0.461 e. The first-order valence-electron chi connectivity index (χ1n) is 5.05. The normalized spacial score (nSPS) is 11.2. The molecular weight excluding hydrogens is 216 g/mol. The molecule has 0 aliphatic heterocycles. The summed E-state index contributed by atoms with van der Waals surface area (Å²) in [4.78, 5) is 14.6. The SMILES string of the molecule is CCCCOC(=O)C(F)(F)c1ccccn1. The van der Waals surface area contributed by atoms with E-state index >= 15 is 0 Å². The maximum atomic E-state index is 13.4. The van der Waals surface area contributed by atoms with E-state index in [0.717, 1.165) is 12.5 Å². The number of rotatable bonds is 5. The van der Waals surface area contributed by atoms with Crippen LogP contribution in [-0.4, -0.2) is 17.6 Å². The van der Waals surface area contributed by atoms with Gasteiger partial charge in [0.15, 0.2) is 0 Å². The van der Waals surface area contributed by atoms with Gasteiger partial charge in [0, 0.05) is 6.20 Å². The van der Waals surface area contributed by atoms with E-state index in [1.54, 1.807) is 0 Å². The van der Waals surface area contributed by atoms with Gasteiger partial charge in [-0.15, -0.1) is 0 Å². The number of aromatic nitrogens is 1. The molecule has 0 aliphatic rings. The number of pyridine rings is 1. The second-order valence-electron chi connectivity index (χ2n) is 3.28. The first-order chi connectivity index (χ1) is 7.59. The van der Waals surface area contributed by atoms with E-state index in [2.05, 4.69) is 9.72 Å². The molecule has 0 bridgehead atoms. The first-order valence-corrected chi connectivity index (χ1v) is 5.05. The van der Waals surface area contributed by atoms with Gasteiger partial charge < -0.3 is 4.74 Å². The molecule has 1 aromatic heterocycles. The van der Waals surface area contributed by atoms with Gasteiger partial charge in [-0.1, -0.05) is 19.4 Å². The van der Waals surface area contributed by atoms with Crippen LogP contribution in [0.15, 0.2) is 24.4 Å². The lowest BCUT2D eigenvalue weighted by Crippen LogP contribution is -2.29. The Bertz CT molecular complexity index is 341. The molecule has 0 atom stereocenters. The second kappa shape index (κ2) is 5.53. The van der Waals surface area contributed by atoms with Gasteiger partial charge in [-0.05, 0) is 18.6 Å². The predicted molar refractivity (Wildman–Crippen MR) is 54.0 cm³/mol. The molecule has 0 radical (unpaired) electrons. The van der Waals surface area contributed by atoms with Gasteiger partial charge in [0.2, 0.25) is 0 Å². The summed E-state index contributed by atoms with van der Waals surface area (Å²) in [6.07, 6.45) is 2.56. The Balaban J connectivity index is 2.66. The summed E-state index contributed by atoms with van der Waals surface area (Å²) in [6, 6.07) is 4.00. The highest BCUT2D eigenvalue weighted by Gasteiger charge is 2.44. The van der Waals surface area contributed by atoms with Crippen molar-refractivity contribution in [3.63, 3.8) is 0 Å². The fraction of sp³-hybridized carbons (Fsp3) is 0.455. The summed E-state index contributed by atoms with van der Waals surface area (Å²) in [6.45, 7) is 1.89. The Hall–Kier alpha value is -1.52. The third-order valence-electron chi connectivity index (χ3n) is 1.97. The van der Waals surface area contributed by atoms with Crippen molar-refractivity contribution in [2.75, 3.05) is 6.61 Å². The summed E-state index contributed by atoms with van der Waals surface area (Å²) in [5.74, 6) is -5.21. The van der Waals surface area contributed by atoms with Crippen LogP contribution in [0, 0.1) is 0 Å². The van der Waals surface area contributed by atoms with Gasteiger partial charge in [-0.25, -0.2) is 4.79 Å².